The summed E-state index contributed by atoms with van der Waals surface area (Å²) in [6, 6.07) is 1.88. The van der Waals surface area contributed by atoms with Gasteiger partial charge < -0.3 is 15.2 Å². The summed E-state index contributed by atoms with van der Waals surface area (Å²) in [5.41, 5.74) is 2.13. The Bertz CT molecular complexity index is 381. The average Bonchev–Trinajstić information content (AvgIpc) is 2.85. The van der Waals surface area contributed by atoms with Crippen LogP contribution in [0.2, 0.25) is 0 Å². The monoisotopic (exact) mass is 206 g/mol. The van der Waals surface area contributed by atoms with Crippen LogP contribution in [0, 0.1) is 0 Å². The second kappa shape index (κ2) is 3.47. The molecule has 0 spiro atoms. The Hall–Kier alpha value is -1.13. The smallest absolute Gasteiger partial charge is 0.126 e. The maximum absolute atomic E-state index is 9.83. The molecule has 1 aromatic heterocycles. The van der Waals surface area contributed by atoms with Crippen LogP contribution in [-0.4, -0.2) is 29.3 Å². The number of hydrogen-bond acceptors (Lipinski definition) is 4. The number of nitrogens with zero attached hydrogens (tertiary/aromatic N) is 1. The number of hydrogen-bond donors (Lipinski definition) is 2. The molecule has 3 rings (SSSR count). The second-order valence-corrected chi connectivity index (χ2v) is 4.06. The zero-order valence-electron chi connectivity index (χ0n) is 8.44. The molecular formula is C11H14N2O2. The summed E-state index contributed by atoms with van der Waals surface area (Å²) in [6.07, 6.45) is 3.15. The maximum atomic E-state index is 9.83. The summed E-state index contributed by atoms with van der Waals surface area (Å²) in [5, 5.41) is 13.1. The summed E-state index contributed by atoms with van der Waals surface area (Å²) in [6.45, 7) is 1.59. The summed E-state index contributed by atoms with van der Waals surface area (Å²) in [4.78, 5) is 4.38. The van der Waals surface area contributed by atoms with Crippen molar-refractivity contribution in [1.82, 2.24) is 10.3 Å². The van der Waals surface area contributed by atoms with Gasteiger partial charge in [-0.15, -0.1) is 0 Å². The van der Waals surface area contributed by atoms with Crippen LogP contribution >= 0.6 is 0 Å². The van der Waals surface area contributed by atoms with Gasteiger partial charge in [-0.25, -0.2) is 0 Å². The van der Waals surface area contributed by atoms with Crippen LogP contribution in [0.25, 0.3) is 0 Å². The van der Waals surface area contributed by atoms with E-state index in [1.807, 2.05) is 6.07 Å². The lowest BCUT2D eigenvalue weighted by Gasteiger charge is -2.16. The SMILES string of the molecule is OC1CCNC1c1nccc2c1CCO2. The van der Waals surface area contributed by atoms with Crippen LogP contribution in [-0.2, 0) is 6.42 Å². The zero-order chi connectivity index (χ0) is 10.3. The minimum atomic E-state index is -0.315. The molecule has 0 aliphatic carbocycles. The van der Waals surface area contributed by atoms with Crippen molar-refractivity contribution in [2.24, 2.45) is 0 Å². The molecule has 2 aliphatic heterocycles. The number of fused-ring (bicyclic) bond motifs is 1. The van der Waals surface area contributed by atoms with Crippen molar-refractivity contribution in [3.8, 4) is 5.75 Å². The van der Waals surface area contributed by atoms with E-state index in [2.05, 4.69) is 10.3 Å². The fourth-order valence-corrected chi connectivity index (χ4v) is 2.38. The molecule has 1 saturated heterocycles. The molecule has 0 radical (unpaired) electrons. The molecule has 80 valence electrons. The lowest BCUT2D eigenvalue weighted by atomic mass is 10.0. The molecule has 0 aromatic carbocycles. The van der Waals surface area contributed by atoms with Gasteiger partial charge in [0, 0.05) is 18.2 Å². The molecule has 0 amide bonds. The first-order valence-corrected chi connectivity index (χ1v) is 5.38. The van der Waals surface area contributed by atoms with Crippen LogP contribution in [0.3, 0.4) is 0 Å². The fourth-order valence-electron chi connectivity index (χ4n) is 2.38. The van der Waals surface area contributed by atoms with E-state index in [0.717, 1.165) is 43.0 Å². The van der Waals surface area contributed by atoms with E-state index in [9.17, 15) is 5.11 Å². The molecule has 0 bridgehead atoms. The number of nitrogens with one attached hydrogen (secondary N) is 1. The van der Waals surface area contributed by atoms with Crippen LogP contribution < -0.4 is 10.1 Å². The van der Waals surface area contributed by atoms with Gasteiger partial charge in [-0.1, -0.05) is 0 Å². The van der Waals surface area contributed by atoms with E-state index < -0.39 is 0 Å². The van der Waals surface area contributed by atoms with Gasteiger partial charge in [0.05, 0.1) is 24.4 Å². The lowest BCUT2D eigenvalue weighted by molar-refractivity contribution is 0.158. The topological polar surface area (TPSA) is 54.4 Å². The highest BCUT2D eigenvalue weighted by molar-refractivity contribution is 5.40. The third-order valence-electron chi connectivity index (χ3n) is 3.14. The number of pyridine rings is 1. The number of aliphatic hydroxyl groups excluding tert-OH is 1. The van der Waals surface area contributed by atoms with E-state index in [-0.39, 0.29) is 12.1 Å². The van der Waals surface area contributed by atoms with Crippen molar-refractivity contribution in [3.63, 3.8) is 0 Å². The molecular weight excluding hydrogens is 192 g/mol. The molecule has 4 heteroatoms. The van der Waals surface area contributed by atoms with Crippen molar-refractivity contribution in [3.05, 3.63) is 23.5 Å². The molecule has 15 heavy (non-hydrogen) atoms. The van der Waals surface area contributed by atoms with Crippen molar-refractivity contribution >= 4 is 0 Å². The normalized spacial score (nSPS) is 28.9. The van der Waals surface area contributed by atoms with Crippen LogP contribution in [0.1, 0.15) is 23.7 Å². The fraction of sp³-hybridized carbons (Fsp3) is 0.545. The van der Waals surface area contributed by atoms with Crippen LogP contribution in [0.4, 0.5) is 0 Å². The molecule has 3 heterocycles. The lowest BCUT2D eigenvalue weighted by Crippen LogP contribution is -2.23. The van der Waals surface area contributed by atoms with Crippen molar-refractivity contribution in [2.45, 2.75) is 25.0 Å². The minimum absolute atomic E-state index is 0.0124. The standard InChI is InChI=1S/C11H14N2O2/c14-8-1-4-13-11(8)10-7-3-6-15-9(7)2-5-12-10/h2,5,8,11,13-14H,1,3-4,6H2. The van der Waals surface area contributed by atoms with Gasteiger partial charge in [-0.2, -0.15) is 0 Å². The summed E-state index contributed by atoms with van der Waals surface area (Å²) in [5.74, 6) is 0.931. The Morgan fingerprint density at radius 3 is 3.27 bits per heavy atom. The molecule has 0 saturated carbocycles. The Balaban J connectivity index is 2.01. The predicted molar refractivity (Wildman–Crippen MR) is 54.8 cm³/mol. The maximum Gasteiger partial charge on any atom is 0.126 e. The van der Waals surface area contributed by atoms with E-state index in [1.165, 1.54) is 0 Å². The summed E-state index contributed by atoms with van der Waals surface area (Å²) >= 11 is 0. The Kier molecular flexibility index (Phi) is 2.11. The number of rotatable bonds is 1. The third kappa shape index (κ3) is 1.41. The second-order valence-electron chi connectivity index (χ2n) is 4.06. The highest BCUT2D eigenvalue weighted by Gasteiger charge is 2.31. The van der Waals surface area contributed by atoms with Gasteiger partial charge in [-0.05, 0) is 19.0 Å². The molecule has 2 unspecified atom stereocenters. The van der Waals surface area contributed by atoms with E-state index >= 15 is 0 Å². The zero-order valence-corrected chi connectivity index (χ0v) is 8.44. The molecule has 2 N–H and O–H groups in total. The van der Waals surface area contributed by atoms with E-state index in [0.29, 0.717) is 0 Å². The highest BCUT2D eigenvalue weighted by atomic mass is 16.5. The van der Waals surface area contributed by atoms with E-state index in [4.69, 9.17) is 4.74 Å². The molecule has 1 aromatic rings. The number of aliphatic hydroxyl groups is 1. The average molecular weight is 206 g/mol. The Morgan fingerprint density at radius 1 is 1.53 bits per heavy atom. The first-order valence-electron chi connectivity index (χ1n) is 5.38. The van der Waals surface area contributed by atoms with Gasteiger partial charge in [0.1, 0.15) is 5.75 Å². The molecule has 1 fully saturated rings. The summed E-state index contributed by atoms with van der Waals surface area (Å²) in [7, 11) is 0. The largest absolute Gasteiger partial charge is 0.493 e. The number of ether oxygens (including phenoxy) is 1. The van der Waals surface area contributed by atoms with Crippen molar-refractivity contribution < 1.29 is 9.84 Å². The van der Waals surface area contributed by atoms with Gasteiger partial charge >= 0.3 is 0 Å². The Labute approximate surface area is 88.3 Å². The molecule has 4 nitrogen and oxygen atoms in total. The first-order chi connectivity index (χ1) is 7.36. The minimum Gasteiger partial charge on any atom is -0.493 e. The predicted octanol–water partition coefficient (Wildman–Crippen LogP) is 0.412. The summed E-state index contributed by atoms with van der Waals surface area (Å²) < 4.78 is 5.48. The van der Waals surface area contributed by atoms with E-state index in [1.54, 1.807) is 6.20 Å². The van der Waals surface area contributed by atoms with Gasteiger partial charge in [-0.3, -0.25) is 4.98 Å². The van der Waals surface area contributed by atoms with Crippen LogP contribution in [0.15, 0.2) is 12.3 Å². The first kappa shape index (κ1) is 9.12. The quantitative estimate of drug-likeness (QED) is 0.699. The molecule has 2 atom stereocenters. The molecule has 2 aliphatic rings. The van der Waals surface area contributed by atoms with Crippen LogP contribution in [0.5, 0.6) is 5.75 Å². The number of aromatic nitrogens is 1. The van der Waals surface area contributed by atoms with Gasteiger partial charge in [0.15, 0.2) is 0 Å². The van der Waals surface area contributed by atoms with Gasteiger partial charge in [0.2, 0.25) is 0 Å². The Morgan fingerprint density at radius 2 is 2.47 bits per heavy atom. The van der Waals surface area contributed by atoms with Crippen molar-refractivity contribution in [2.75, 3.05) is 13.2 Å². The van der Waals surface area contributed by atoms with Crippen molar-refractivity contribution in [1.29, 1.82) is 0 Å². The highest BCUT2D eigenvalue weighted by Crippen LogP contribution is 2.33. The third-order valence-corrected chi connectivity index (χ3v) is 3.14. The van der Waals surface area contributed by atoms with Gasteiger partial charge in [0.25, 0.3) is 0 Å².